The number of furan rings is 1. The normalized spacial score (nSPS) is 18.3. The molecule has 1 atom stereocenters. The number of aryl methyl sites for hydroxylation is 1. The Morgan fingerprint density at radius 1 is 1.04 bits per heavy atom. The molecule has 1 aliphatic rings. The molecule has 0 aliphatic carbocycles. The second-order valence-electron chi connectivity index (χ2n) is 7.25. The molecular weight excluding hydrogens is 308 g/mol. The van der Waals surface area contributed by atoms with Crippen LogP contribution < -0.4 is 0 Å². The standard InChI is InChI=1S/C22H26N2O/c1-17(2)18-8-10-19(11-9-18)22-21-7-3-12-23(21)13-5-14-24(22)16-20-6-4-15-25-20/h3-4,6-12,15,17,22H,5,13-14,16H2,1-2H3. The summed E-state index contributed by atoms with van der Waals surface area (Å²) in [5, 5.41) is 0. The van der Waals surface area contributed by atoms with Gasteiger partial charge in [-0.1, -0.05) is 38.1 Å². The molecule has 3 heteroatoms. The third-order valence-electron chi connectivity index (χ3n) is 5.21. The van der Waals surface area contributed by atoms with E-state index in [1.807, 2.05) is 6.07 Å². The Bertz CT molecular complexity index is 799. The summed E-state index contributed by atoms with van der Waals surface area (Å²) in [6, 6.07) is 17.9. The Morgan fingerprint density at radius 3 is 2.60 bits per heavy atom. The van der Waals surface area contributed by atoms with Crippen LogP contribution in [0, 0.1) is 0 Å². The molecule has 130 valence electrons. The van der Waals surface area contributed by atoms with Gasteiger partial charge in [0.25, 0.3) is 0 Å². The Kier molecular flexibility index (Phi) is 4.50. The van der Waals surface area contributed by atoms with Crippen molar-refractivity contribution in [1.29, 1.82) is 0 Å². The Balaban J connectivity index is 1.72. The zero-order chi connectivity index (χ0) is 17.2. The van der Waals surface area contributed by atoms with E-state index in [2.05, 4.69) is 72.0 Å². The van der Waals surface area contributed by atoms with E-state index in [1.54, 1.807) is 6.26 Å². The summed E-state index contributed by atoms with van der Waals surface area (Å²) in [5.41, 5.74) is 4.13. The minimum absolute atomic E-state index is 0.267. The lowest BCUT2D eigenvalue weighted by molar-refractivity contribution is 0.203. The van der Waals surface area contributed by atoms with Crippen molar-refractivity contribution < 1.29 is 4.42 Å². The maximum atomic E-state index is 5.63. The fourth-order valence-electron chi connectivity index (χ4n) is 3.86. The second-order valence-corrected chi connectivity index (χ2v) is 7.25. The molecule has 3 aromatic rings. The maximum Gasteiger partial charge on any atom is 0.117 e. The summed E-state index contributed by atoms with van der Waals surface area (Å²) in [4.78, 5) is 2.54. The smallest absolute Gasteiger partial charge is 0.117 e. The first-order valence-corrected chi connectivity index (χ1v) is 9.23. The van der Waals surface area contributed by atoms with Gasteiger partial charge in [0.1, 0.15) is 5.76 Å². The highest BCUT2D eigenvalue weighted by Gasteiger charge is 2.27. The van der Waals surface area contributed by atoms with Gasteiger partial charge in [0.15, 0.2) is 0 Å². The van der Waals surface area contributed by atoms with Crippen LogP contribution in [0.15, 0.2) is 65.4 Å². The Hall–Kier alpha value is -2.26. The van der Waals surface area contributed by atoms with E-state index in [9.17, 15) is 0 Å². The average molecular weight is 334 g/mol. The van der Waals surface area contributed by atoms with Gasteiger partial charge in [-0.25, -0.2) is 0 Å². The molecule has 0 saturated heterocycles. The summed E-state index contributed by atoms with van der Waals surface area (Å²) in [6.45, 7) is 7.48. The fourth-order valence-corrected chi connectivity index (χ4v) is 3.86. The molecule has 0 fully saturated rings. The van der Waals surface area contributed by atoms with Gasteiger partial charge in [-0.15, -0.1) is 0 Å². The van der Waals surface area contributed by atoms with Gasteiger partial charge < -0.3 is 8.98 Å². The minimum Gasteiger partial charge on any atom is -0.468 e. The number of fused-ring (bicyclic) bond motifs is 1. The highest BCUT2D eigenvalue weighted by molar-refractivity contribution is 5.33. The summed E-state index contributed by atoms with van der Waals surface area (Å²) < 4.78 is 8.04. The molecular formula is C22H26N2O. The monoisotopic (exact) mass is 334 g/mol. The summed E-state index contributed by atoms with van der Waals surface area (Å²) in [5.74, 6) is 1.59. The first kappa shape index (κ1) is 16.2. The van der Waals surface area contributed by atoms with Crippen LogP contribution in [0.3, 0.4) is 0 Å². The van der Waals surface area contributed by atoms with Crippen LogP contribution in [-0.2, 0) is 13.1 Å². The van der Waals surface area contributed by atoms with E-state index in [-0.39, 0.29) is 6.04 Å². The van der Waals surface area contributed by atoms with Crippen LogP contribution in [0.2, 0.25) is 0 Å². The number of hydrogen-bond acceptors (Lipinski definition) is 2. The highest BCUT2D eigenvalue weighted by atomic mass is 16.3. The number of rotatable bonds is 4. The molecule has 0 N–H and O–H groups in total. The molecule has 1 unspecified atom stereocenters. The van der Waals surface area contributed by atoms with Crippen molar-refractivity contribution >= 4 is 0 Å². The third kappa shape index (κ3) is 3.29. The van der Waals surface area contributed by atoms with E-state index >= 15 is 0 Å². The van der Waals surface area contributed by atoms with Crippen molar-refractivity contribution in [2.45, 2.75) is 45.3 Å². The fraction of sp³-hybridized carbons (Fsp3) is 0.364. The van der Waals surface area contributed by atoms with E-state index in [0.29, 0.717) is 5.92 Å². The van der Waals surface area contributed by atoms with Crippen LogP contribution in [0.4, 0.5) is 0 Å². The molecule has 3 nitrogen and oxygen atoms in total. The highest BCUT2D eigenvalue weighted by Crippen LogP contribution is 2.33. The van der Waals surface area contributed by atoms with E-state index in [0.717, 1.165) is 31.8 Å². The molecule has 0 bridgehead atoms. The molecule has 0 amide bonds. The van der Waals surface area contributed by atoms with Crippen molar-refractivity contribution in [3.8, 4) is 0 Å². The molecule has 4 rings (SSSR count). The maximum absolute atomic E-state index is 5.63. The van der Waals surface area contributed by atoms with Crippen molar-refractivity contribution in [1.82, 2.24) is 9.47 Å². The quantitative estimate of drug-likeness (QED) is 0.654. The van der Waals surface area contributed by atoms with Crippen molar-refractivity contribution in [3.05, 3.63) is 83.6 Å². The Morgan fingerprint density at radius 2 is 1.88 bits per heavy atom. The molecule has 1 aliphatic heterocycles. The second kappa shape index (κ2) is 6.93. The molecule has 25 heavy (non-hydrogen) atoms. The molecule has 0 saturated carbocycles. The predicted molar refractivity (Wildman–Crippen MR) is 101 cm³/mol. The van der Waals surface area contributed by atoms with Gasteiger partial charge in [0, 0.05) is 25.0 Å². The van der Waals surface area contributed by atoms with Crippen molar-refractivity contribution in [2.75, 3.05) is 6.54 Å². The molecule has 0 radical (unpaired) electrons. The number of nitrogens with zero attached hydrogens (tertiary/aromatic N) is 2. The van der Waals surface area contributed by atoms with E-state index in [1.165, 1.54) is 16.8 Å². The summed E-state index contributed by atoms with van der Waals surface area (Å²) in [7, 11) is 0. The van der Waals surface area contributed by atoms with E-state index < -0.39 is 0 Å². The summed E-state index contributed by atoms with van der Waals surface area (Å²) >= 11 is 0. The van der Waals surface area contributed by atoms with Crippen LogP contribution >= 0.6 is 0 Å². The lowest BCUT2D eigenvalue weighted by atomic mass is 9.96. The number of benzene rings is 1. The third-order valence-corrected chi connectivity index (χ3v) is 5.21. The average Bonchev–Trinajstić information content (AvgIpc) is 3.25. The minimum atomic E-state index is 0.267. The predicted octanol–water partition coefficient (Wildman–Crippen LogP) is 5.20. The van der Waals surface area contributed by atoms with Gasteiger partial charge in [-0.05, 0) is 47.7 Å². The molecule has 1 aromatic carbocycles. The lowest BCUT2D eigenvalue weighted by Gasteiger charge is -2.30. The SMILES string of the molecule is CC(C)c1ccc(C2c3cccn3CCCN2Cc2ccco2)cc1. The zero-order valence-corrected chi connectivity index (χ0v) is 15.1. The molecule has 3 heterocycles. The lowest BCUT2D eigenvalue weighted by Crippen LogP contribution is -2.29. The first-order valence-electron chi connectivity index (χ1n) is 9.23. The van der Waals surface area contributed by atoms with Crippen LogP contribution in [-0.4, -0.2) is 16.0 Å². The Labute approximate surface area is 149 Å². The van der Waals surface area contributed by atoms with Crippen molar-refractivity contribution in [2.24, 2.45) is 0 Å². The van der Waals surface area contributed by atoms with Gasteiger partial charge >= 0.3 is 0 Å². The first-order chi connectivity index (χ1) is 12.2. The topological polar surface area (TPSA) is 21.3 Å². The zero-order valence-electron chi connectivity index (χ0n) is 15.1. The van der Waals surface area contributed by atoms with Gasteiger partial charge in [0.2, 0.25) is 0 Å². The van der Waals surface area contributed by atoms with Gasteiger partial charge in [-0.3, -0.25) is 4.90 Å². The number of aromatic nitrogens is 1. The largest absolute Gasteiger partial charge is 0.468 e. The van der Waals surface area contributed by atoms with Crippen molar-refractivity contribution in [3.63, 3.8) is 0 Å². The van der Waals surface area contributed by atoms with E-state index in [4.69, 9.17) is 4.42 Å². The molecule has 2 aromatic heterocycles. The van der Waals surface area contributed by atoms with Gasteiger partial charge in [-0.2, -0.15) is 0 Å². The number of hydrogen-bond donors (Lipinski definition) is 0. The van der Waals surface area contributed by atoms with Crippen LogP contribution in [0.1, 0.15) is 54.8 Å². The summed E-state index contributed by atoms with van der Waals surface area (Å²) in [6.07, 6.45) is 5.13. The molecule has 0 spiro atoms. The van der Waals surface area contributed by atoms with Crippen LogP contribution in [0.5, 0.6) is 0 Å². The van der Waals surface area contributed by atoms with Crippen LogP contribution in [0.25, 0.3) is 0 Å². The van der Waals surface area contributed by atoms with Gasteiger partial charge in [0.05, 0.1) is 18.8 Å².